The number of urea groups is 1. The maximum atomic E-state index is 12.8. The van der Waals surface area contributed by atoms with Gasteiger partial charge in [-0.1, -0.05) is 11.3 Å². The smallest absolute Gasteiger partial charge is 0.318 e. The second-order valence-electron chi connectivity index (χ2n) is 5.77. The normalized spacial score (nSPS) is 20.8. The first kappa shape index (κ1) is 16.2. The highest BCUT2D eigenvalue weighted by Gasteiger charge is 2.32. The molecule has 3 rings (SSSR count). The van der Waals surface area contributed by atoms with Gasteiger partial charge in [-0.05, 0) is 67.8 Å². The Labute approximate surface area is 143 Å². The van der Waals surface area contributed by atoms with E-state index in [1.54, 1.807) is 6.20 Å². The molecule has 0 aromatic carbocycles. The average molecular weight is 388 g/mol. The van der Waals surface area contributed by atoms with Gasteiger partial charge in [-0.2, -0.15) is 0 Å². The molecule has 22 heavy (non-hydrogen) atoms. The number of hydrogen-bond donors (Lipinski definition) is 3. The zero-order valence-electron chi connectivity index (χ0n) is 12.5. The van der Waals surface area contributed by atoms with Crippen LogP contribution in [-0.4, -0.2) is 54.2 Å². The Morgan fingerprint density at radius 2 is 1.73 bits per heavy atom. The van der Waals surface area contributed by atoms with Gasteiger partial charge in [0.05, 0.1) is 9.98 Å². The third-order valence-electron chi connectivity index (χ3n) is 4.33. The summed E-state index contributed by atoms with van der Waals surface area (Å²) < 4.78 is 0.929. The van der Waals surface area contributed by atoms with Gasteiger partial charge in [-0.15, -0.1) is 0 Å². The summed E-state index contributed by atoms with van der Waals surface area (Å²) in [5, 5.41) is 10.4. The monoisotopic (exact) mass is 387 g/mol. The first-order valence-electron chi connectivity index (χ1n) is 7.86. The highest BCUT2D eigenvalue weighted by molar-refractivity contribution is 9.11. The zero-order chi connectivity index (χ0) is 15.4. The van der Waals surface area contributed by atoms with Crippen molar-refractivity contribution in [2.75, 3.05) is 31.5 Å². The SMILES string of the molecule is O=C(Nc1ncc(Br)s1)N(C1CCNCC1)C1CCNCC1. The Morgan fingerprint density at radius 1 is 1.18 bits per heavy atom. The number of carbonyl (C=O) groups excluding carboxylic acids is 1. The third kappa shape index (κ3) is 3.98. The van der Waals surface area contributed by atoms with Gasteiger partial charge < -0.3 is 15.5 Å². The van der Waals surface area contributed by atoms with Crippen molar-refractivity contribution in [2.24, 2.45) is 0 Å². The first-order chi connectivity index (χ1) is 10.7. The van der Waals surface area contributed by atoms with Crippen LogP contribution in [0, 0.1) is 0 Å². The van der Waals surface area contributed by atoms with E-state index >= 15 is 0 Å². The van der Waals surface area contributed by atoms with E-state index in [0.29, 0.717) is 17.2 Å². The lowest BCUT2D eigenvalue weighted by Crippen LogP contribution is -2.55. The summed E-state index contributed by atoms with van der Waals surface area (Å²) in [6, 6.07) is 0.654. The van der Waals surface area contributed by atoms with Crippen molar-refractivity contribution in [3.63, 3.8) is 0 Å². The topological polar surface area (TPSA) is 69.3 Å². The molecule has 2 saturated heterocycles. The molecule has 2 aliphatic rings. The van der Waals surface area contributed by atoms with E-state index in [4.69, 9.17) is 0 Å². The zero-order valence-corrected chi connectivity index (χ0v) is 14.9. The van der Waals surface area contributed by atoms with E-state index in [1.165, 1.54) is 11.3 Å². The van der Waals surface area contributed by atoms with Crippen molar-refractivity contribution < 1.29 is 4.79 Å². The Balaban J connectivity index is 1.72. The van der Waals surface area contributed by atoms with Gasteiger partial charge in [-0.25, -0.2) is 9.78 Å². The lowest BCUT2D eigenvalue weighted by Gasteiger charge is -2.41. The molecule has 2 fully saturated rings. The van der Waals surface area contributed by atoms with E-state index in [2.05, 4.69) is 41.8 Å². The average Bonchev–Trinajstić information content (AvgIpc) is 2.95. The number of aromatic nitrogens is 1. The number of rotatable bonds is 3. The van der Waals surface area contributed by atoms with Crippen molar-refractivity contribution >= 4 is 38.4 Å². The van der Waals surface area contributed by atoms with Crippen LogP contribution in [0.2, 0.25) is 0 Å². The summed E-state index contributed by atoms with van der Waals surface area (Å²) >= 11 is 4.84. The molecule has 1 aromatic heterocycles. The standard InChI is InChI=1S/C14H22BrN5OS/c15-12-9-18-13(22-12)19-14(21)20(10-1-5-16-6-2-10)11-3-7-17-8-4-11/h9-11,16-17H,1-8H2,(H,18,19,21). The molecule has 2 amide bonds. The van der Waals surface area contributed by atoms with Crippen molar-refractivity contribution in [2.45, 2.75) is 37.8 Å². The number of thiazole rings is 1. The predicted molar refractivity (Wildman–Crippen MR) is 92.5 cm³/mol. The third-order valence-corrected chi connectivity index (χ3v) is 5.72. The maximum absolute atomic E-state index is 12.8. The Hall–Kier alpha value is -0.700. The van der Waals surface area contributed by atoms with Crippen molar-refractivity contribution in [1.82, 2.24) is 20.5 Å². The van der Waals surface area contributed by atoms with Crippen LogP contribution >= 0.6 is 27.3 Å². The van der Waals surface area contributed by atoms with Crippen LogP contribution in [0.3, 0.4) is 0 Å². The number of amides is 2. The van der Waals surface area contributed by atoms with E-state index in [1.807, 2.05) is 0 Å². The molecule has 0 radical (unpaired) electrons. The molecule has 0 unspecified atom stereocenters. The lowest BCUT2D eigenvalue weighted by atomic mass is 9.98. The van der Waals surface area contributed by atoms with Gasteiger partial charge in [0.15, 0.2) is 5.13 Å². The minimum Gasteiger partial charge on any atom is -0.318 e. The van der Waals surface area contributed by atoms with E-state index in [0.717, 1.165) is 55.6 Å². The maximum Gasteiger partial charge on any atom is 0.324 e. The Morgan fingerprint density at radius 3 is 2.18 bits per heavy atom. The van der Waals surface area contributed by atoms with Gasteiger partial charge in [-0.3, -0.25) is 5.32 Å². The first-order valence-corrected chi connectivity index (χ1v) is 9.47. The quantitative estimate of drug-likeness (QED) is 0.743. The molecule has 0 aliphatic carbocycles. The van der Waals surface area contributed by atoms with E-state index in [-0.39, 0.29) is 6.03 Å². The molecule has 0 saturated carbocycles. The fourth-order valence-corrected chi connectivity index (χ4v) is 4.36. The van der Waals surface area contributed by atoms with Gasteiger partial charge in [0.25, 0.3) is 0 Å². The number of carbonyl (C=O) groups is 1. The number of anilines is 1. The van der Waals surface area contributed by atoms with E-state index < -0.39 is 0 Å². The molecule has 3 heterocycles. The summed E-state index contributed by atoms with van der Waals surface area (Å²) in [6.07, 6.45) is 5.83. The van der Waals surface area contributed by atoms with Crippen LogP contribution in [0.1, 0.15) is 25.7 Å². The number of nitrogens with zero attached hydrogens (tertiary/aromatic N) is 2. The summed E-state index contributed by atoms with van der Waals surface area (Å²) in [4.78, 5) is 19.2. The minimum absolute atomic E-state index is 0.000602. The molecule has 0 atom stereocenters. The van der Waals surface area contributed by atoms with Gasteiger partial charge in [0, 0.05) is 12.1 Å². The Kier molecular flexibility index (Phi) is 5.67. The molecule has 0 bridgehead atoms. The van der Waals surface area contributed by atoms with Gasteiger partial charge in [0.1, 0.15) is 0 Å². The van der Waals surface area contributed by atoms with Gasteiger partial charge >= 0.3 is 6.03 Å². The van der Waals surface area contributed by atoms with Crippen molar-refractivity contribution in [1.29, 1.82) is 0 Å². The summed E-state index contributed by atoms with van der Waals surface area (Å²) in [7, 11) is 0. The molecule has 8 heteroatoms. The van der Waals surface area contributed by atoms with Crippen molar-refractivity contribution in [3.05, 3.63) is 9.98 Å². The summed E-state index contributed by atoms with van der Waals surface area (Å²) in [5.74, 6) is 0. The highest BCUT2D eigenvalue weighted by Crippen LogP contribution is 2.26. The Bertz CT molecular complexity index is 481. The lowest BCUT2D eigenvalue weighted by molar-refractivity contribution is 0.120. The fraction of sp³-hybridized carbons (Fsp3) is 0.714. The van der Waals surface area contributed by atoms with Crippen LogP contribution in [0.25, 0.3) is 0 Å². The molecule has 3 N–H and O–H groups in total. The molecule has 1 aromatic rings. The van der Waals surface area contributed by atoms with Crippen LogP contribution < -0.4 is 16.0 Å². The second kappa shape index (κ2) is 7.72. The molecule has 2 aliphatic heterocycles. The summed E-state index contributed by atoms with van der Waals surface area (Å²) in [6.45, 7) is 3.95. The largest absolute Gasteiger partial charge is 0.324 e. The number of piperidine rings is 2. The minimum atomic E-state index is 0.000602. The molecule has 122 valence electrons. The number of halogens is 1. The van der Waals surface area contributed by atoms with Crippen molar-refractivity contribution in [3.8, 4) is 0 Å². The predicted octanol–water partition coefficient (Wildman–Crippen LogP) is 2.24. The van der Waals surface area contributed by atoms with Crippen LogP contribution in [-0.2, 0) is 0 Å². The summed E-state index contributed by atoms with van der Waals surface area (Å²) in [5.41, 5.74) is 0. The highest BCUT2D eigenvalue weighted by atomic mass is 79.9. The van der Waals surface area contributed by atoms with Crippen LogP contribution in [0.5, 0.6) is 0 Å². The van der Waals surface area contributed by atoms with Crippen LogP contribution in [0.4, 0.5) is 9.93 Å². The number of hydrogen-bond acceptors (Lipinski definition) is 5. The second-order valence-corrected chi connectivity index (χ2v) is 8.18. The molecule has 0 spiro atoms. The molecule has 6 nitrogen and oxygen atoms in total. The number of nitrogens with one attached hydrogen (secondary N) is 3. The van der Waals surface area contributed by atoms with Crippen LogP contribution in [0.15, 0.2) is 9.98 Å². The fourth-order valence-electron chi connectivity index (χ4n) is 3.27. The van der Waals surface area contributed by atoms with Gasteiger partial charge in [0.2, 0.25) is 0 Å². The molecular weight excluding hydrogens is 366 g/mol. The van der Waals surface area contributed by atoms with E-state index in [9.17, 15) is 4.79 Å². The molecular formula is C14H22BrN5OS.